The van der Waals surface area contributed by atoms with E-state index in [2.05, 4.69) is 0 Å². The van der Waals surface area contributed by atoms with Crippen LogP contribution < -0.4 is 5.73 Å². The van der Waals surface area contributed by atoms with E-state index in [0.29, 0.717) is 31.0 Å². The van der Waals surface area contributed by atoms with Crippen molar-refractivity contribution in [1.82, 2.24) is 4.90 Å². The summed E-state index contributed by atoms with van der Waals surface area (Å²) in [6.45, 7) is 1.13. The highest BCUT2D eigenvalue weighted by atomic mass is 35.5. The second-order valence-corrected chi connectivity index (χ2v) is 7.07. The van der Waals surface area contributed by atoms with Crippen LogP contribution in [0, 0.1) is 5.92 Å². The van der Waals surface area contributed by atoms with Gasteiger partial charge in [0.2, 0.25) is 11.8 Å². The van der Waals surface area contributed by atoms with Crippen LogP contribution in [0.4, 0.5) is 0 Å². The van der Waals surface area contributed by atoms with Gasteiger partial charge in [0.15, 0.2) is 0 Å². The van der Waals surface area contributed by atoms with Gasteiger partial charge < -0.3 is 10.6 Å². The predicted octanol–water partition coefficient (Wildman–Crippen LogP) is 3.29. The van der Waals surface area contributed by atoms with Gasteiger partial charge in [0.1, 0.15) is 0 Å². The molecule has 3 rings (SSSR count). The molecule has 6 heteroatoms. The number of carbonyl (C=O) groups excluding carboxylic acids is 2. The van der Waals surface area contributed by atoms with Crippen molar-refractivity contribution in [1.29, 1.82) is 0 Å². The summed E-state index contributed by atoms with van der Waals surface area (Å²) in [5.41, 5.74) is 5.31. The SMILES string of the molecule is NC(=O)C1CCN(C(=O)C=Cc2sc3ccccc3c2Cl)CC1. The maximum Gasteiger partial charge on any atom is 0.246 e. The summed E-state index contributed by atoms with van der Waals surface area (Å²) in [6, 6.07) is 7.90. The van der Waals surface area contributed by atoms with Gasteiger partial charge >= 0.3 is 0 Å². The van der Waals surface area contributed by atoms with Crippen molar-refractivity contribution in [2.75, 3.05) is 13.1 Å². The lowest BCUT2D eigenvalue weighted by Crippen LogP contribution is -2.41. The summed E-state index contributed by atoms with van der Waals surface area (Å²) in [5, 5.41) is 1.69. The number of fused-ring (bicyclic) bond motifs is 1. The Balaban J connectivity index is 1.68. The van der Waals surface area contributed by atoms with Crippen molar-refractivity contribution >= 4 is 50.9 Å². The van der Waals surface area contributed by atoms with Crippen molar-refractivity contribution in [3.05, 3.63) is 40.2 Å². The molecule has 0 radical (unpaired) electrons. The number of carbonyl (C=O) groups is 2. The number of hydrogen-bond acceptors (Lipinski definition) is 3. The van der Waals surface area contributed by atoms with Crippen LogP contribution in [-0.4, -0.2) is 29.8 Å². The van der Waals surface area contributed by atoms with Gasteiger partial charge in [0.05, 0.1) is 5.02 Å². The Hall–Kier alpha value is -1.85. The fourth-order valence-electron chi connectivity index (χ4n) is 2.78. The van der Waals surface area contributed by atoms with Crippen LogP contribution in [0.1, 0.15) is 17.7 Å². The van der Waals surface area contributed by atoms with Gasteiger partial charge in [-0.3, -0.25) is 9.59 Å². The summed E-state index contributed by atoms with van der Waals surface area (Å²) >= 11 is 7.93. The van der Waals surface area contributed by atoms with E-state index in [1.54, 1.807) is 28.4 Å². The van der Waals surface area contributed by atoms with Crippen LogP contribution in [-0.2, 0) is 9.59 Å². The first-order valence-corrected chi connectivity index (χ1v) is 8.69. The molecule has 2 N–H and O–H groups in total. The molecule has 2 heterocycles. The molecule has 2 aromatic rings. The van der Waals surface area contributed by atoms with Crippen LogP contribution in [0.5, 0.6) is 0 Å². The lowest BCUT2D eigenvalue weighted by molar-refractivity contribution is -0.130. The molecule has 1 aromatic heterocycles. The number of hydrogen-bond donors (Lipinski definition) is 1. The number of primary amides is 1. The Bertz CT molecular complexity index is 776. The Kier molecular flexibility index (Phi) is 4.68. The molecule has 1 aromatic carbocycles. The van der Waals surface area contributed by atoms with Gasteiger partial charge in [0.25, 0.3) is 0 Å². The smallest absolute Gasteiger partial charge is 0.246 e. The van der Waals surface area contributed by atoms with E-state index in [9.17, 15) is 9.59 Å². The van der Waals surface area contributed by atoms with Crippen LogP contribution >= 0.6 is 22.9 Å². The summed E-state index contributed by atoms with van der Waals surface area (Å²) in [4.78, 5) is 26.0. The first kappa shape index (κ1) is 16.0. The van der Waals surface area contributed by atoms with Crippen molar-refractivity contribution < 1.29 is 9.59 Å². The lowest BCUT2D eigenvalue weighted by atomic mass is 9.96. The number of benzene rings is 1. The van der Waals surface area contributed by atoms with E-state index >= 15 is 0 Å². The Labute approximate surface area is 143 Å². The first-order valence-electron chi connectivity index (χ1n) is 7.49. The van der Waals surface area contributed by atoms with Crippen LogP contribution in [0.25, 0.3) is 16.2 Å². The molecule has 0 spiro atoms. The fourth-order valence-corrected chi connectivity index (χ4v) is 4.18. The molecule has 0 atom stereocenters. The number of thiophene rings is 1. The average Bonchev–Trinajstić information content (AvgIpc) is 2.89. The van der Waals surface area contributed by atoms with Gasteiger partial charge in [-0.25, -0.2) is 0 Å². The molecular weight excluding hydrogens is 332 g/mol. The van der Waals surface area contributed by atoms with E-state index in [0.717, 1.165) is 15.0 Å². The van der Waals surface area contributed by atoms with Gasteiger partial charge in [0, 0.05) is 40.0 Å². The summed E-state index contributed by atoms with van der Waals surface area (Å²) in [6.07, 6.45) is 4.60. The summed E-state index contributed by atoms with van der Waals surface area (Å²) in [5.74, 6) is -0.439. The number of nitrogens with zero attached hydrogens (tertiary/aromatic N) is 1. The monoisotopic (exact) mass is 348 g/mol. The molecule has 23 heavy (non-hydrogen) atoms. The highest BCUT2D eigenvalue weighted by molar-refractivity contribution is 7.20. The third-order valence-electron chi connectivity index (χ3n) is 4.15. The Morgan fingerprint density at radius 2 is 1.96 bits per heavy atom. The average molecular weight is 349 g/mol. The molecule has 1 aliphatic heterocycles. The van der Waals surface area contributed by atoms with E-state index < -0.39 is 0 Å². The molecule has 0 saturated carbocycles. The fraction of sp³-hybridized carbons (Fsp3) is 0.294. The molecule has 1 saturated heterocycles. The quantitative estimate of drug-likeness (QED) is 0.865. The number of rotatable bonds is 3. The zero-order valence-electron chi connectivity index (χ0n) is 12.5. The van der Waals surface area contributed by atoms with E-state index in [4.69, 9.17) is 17.3 Å². The van der Waals surface area contributed by atoms with Crippen molar-refractivity contribution in [2.24, 2.45) is 11.7 Å². The van der Waals surface area contributed by atoms with Crippen molar-refractivity contribution in [3.8, 4) is 0 Å². The molecule has 2 amide bonds. The van der Waals surface area contributed by atoms with Crippen molar-refractivity contribution in [2.45, 2.75) is 12.8 Å². The van der Waals surface area contributed by atoms with Gasteiger partial charge in [-0.2, -0.15) is 0 Å². The molecule has 0 aliphatic carbocycles. The topological polar surface area (TPSA) is 63.4 Å². The largest absolute Gasteiger partial charge is 0.369 e. The lowest BCUT2D eigenvalue weighted by Gasteiger charge is -2.29. The highest BCUT2D eigenvalue weighted by Crippen LogP contribution is 2.35. The first-order chi connectivity index (χ1) is 11.1. The molecule has 1 fully saturated rings. The second-order valence-electron chi connectivity index (χ2n) is 5.61. The van der Waals surface area contributed by atoms with Gasteiger partial charge in [-0.15, -0.1) is 11.3 Å². The van der Waals surface area contributed by atoms with E-state index in [1.165, 1.54) is 0 Å². The van der Waals surface area contributed by atoms with Crippen LogP contribution in [0.15, 0.2) is 30.3 Å². The third-order valence-corrected chi connectivity index (χ3v) is 5.80. The van der Waals surface area contributed by atoms with Crippen molar-refractivity contribution in [3.63, 3.8) is 0 Å². The maximum atomic E-state index is 12.3. The van der Waals surface area contributed by atoms with Crippen LogP contribution in [0.3, 0.4) is 0 Å². The number of likely N-dealkylation sites (tertiary alicyclic amines) is 1. The number of amides is 2. The zero-order chi connectivity index (χ0) is 16.4. The molecule has 0 unspecified atom stereocenters. The van der Waals surface area contributed by atoms with E-state index in [-0.39, 0.29) is 17.7 Å². The standard InChI is InChI=1S/C17H17ClN2O2S/c18-16-12-3-1-2-4-13(12)23-14(16)5-6-15(21)20-9-7-11(8-10-20)17(19)22/h1-6,11H,7-10H2,(H2,19,22). The number of nitrogens with two attached hydrogens (primary N) is 1. The Morgan fingerprint density at radius 1 is 1.26 bits per heavy atom. The molecule has 120 valence electrons. The van der Waals surface area contributed by atoms with E-state index in [1.807, 2.05) is 24.3 Å². The molecular formula is C17H17ClN2O2S. The highest BCUT2D eigenvalue weighted by Gasteiger charge is 2.24. The second kappa shape index (κ2) is 6.72. The Morgan fingerprint density at radius 3 is 2.61 bits per heavy atom. The number of halogens is 1. The minimum absolute atomic E-state index is 0.0542. The maximum absolute atomic E-state index is 12.3. The molecule has 4 nitrogen and oxygen atoms in total. The predicted molar refractivity (Wildman–Crippen MR) is 94.4 cm³/mol. The minimum atomic E-state index is -0.273. The zero-order valence-corrected chi connectivity index (χ0v) is 14.1. The van der Waals surface area contributed by atoms with Crippen LogP contribution in [0.2, 0.25) is 5.02 Å². The summed E-state index contributed by atoms with van der Waals surface area (Å²) in [7, 11) is 0. The van der Waals surface area contributed by atoms with Gasteiger partial charge in [-0.1, -0.05) is 29.8 Å². The van der Waals surface area contributed by atoms with Gasteiger partial charge in [-0.05, 0) is 25.0 Å². The normalized spacial score (nSPS) is 16.3. The summed E-state index contributed by atoms with van der Waals surface area (Å²) < 4.78 is 1.10. The molecule has 1 aliphatic rings. The third kappa shape index (κ3) is 3.41. The number of piperidine rings is 1. The minimum Gasteiger partial charge on any atom is -0.369 e. The molecule has 0 bridgehead atoms.